The highest BCUT2D eigenvalue weighted by Crippen LogP contribution is 2.27. The van der Waals surface area contributed by atoms with E-state index in [1.807, 2.05) is 49.5 Å². The largest absolute Gasteiger partial charge is 0.437 e. The van der Waals surface area contributed by atoms with Gasteiger partial charge in [-0.3, -0.25) is 0 Å². The van der Waals surface area contributed by atoms with Gasteiger partial charge in [0.25, 0.3) is 0 Å². The fraction of sp³-hybridized carbons (Fsp3) is 0.261. The Kier molecular flexibility index (Phi) is 6.64. The number of hydrogen-bond acceptors (Lipinski definition) is 4. The van der Waals surface area contributed by atoms with Gasteiger partial charge in [0, 0.05) is 18.3 Å². The second kappa shape index (κ2) is 9.56. The lowest BCUT2D eigenvalue weighted by Gasteiger charge is -2.11. The Hall–Kier alpha value is -3.59. The van der Waals surface area contributed by atoms with Crippen molar-refractivity contribution in [2.45, 2.75) is 39.7 Å². The SMILES string of the molecule is CCC(CC)N/C=N/c1ccc(Oc2ccn(-c3ccc(C#N)cc3)n2)c(C)c1. The molecule has 0 bridgehead atoms. The summed E-state index contributed by atoms with van der Waals surface area (Å²) in [6.07, 6.45) is 5.74. The lowest BCUT2D eigenvalue weighted by Crippen LogP contribution is -2.25. The van der Waals surface area contributed by atoms with Crippen LogP contribution in [0.3, 0.4) is 0 Å². The van der Waals surface area contributed by atoms with Crippen LogP contribution >= 0.6 is 0 Å². The van der Waals surface area contributed by atoms with Crippen molar-refractivity contribution in [3.05, 3.63) is 65.9 Å². The molecule has 1 N–H and O–H groups in total. The van der Waals surface area contributed by atoms with E-state index in [1.165, 1.54) is 0 Å². The summed E-state index contributed by atoms with van der Waals surface area (Å²) in [4.78, 5) is 4.47. The van der Waals surface area contributed by atoms with E-state index in [2.05, 4.69) is 35.3 Å². The van der Waals surface area contributed by atoms with Crippen LogP contribution in [0.2, 0.25) is 0 Å². The highest BCUT2D eigenvalue weighted by atomic mass is 16.5. The molecule has 0 saturated heterocycles. The van der Waals surface area contributed by atoms with Gasteiger partial charge in [-0.25, -0.2) is 9.67 Å². The summed E-state index contributed by atoms with van der Waals surface area (Å²) < 4.78 is 7.65. The Balaban J connectivity index is 1.67. The molecule has 0 amide bonds. The molecule has 6 nitrogen and oxygen atoms in total. The minimum Gasteiger partial charge on any atom is -0.437 e. The van der Waals surface area contributed by atoms with Crippen molar-refractivity contribution in [3.63, 3.8) is 0 Å². The second-order valence-corrected chi connectivity index (χ2v) is 6.75. The number of benzene rings is 2. The number of aliphatic imine (C=N–C) groups is 1. The Morgan fingerprint density at radius 1 is 1.17 bits per heavy atom. The highest BCUT2D eigenvalue weighted by Gasteiger charge is 2.07. The maximum Gasteiger partial charge on any atom is 0.238 e. The molecule has 6 heteroatoms. The second-order valence-electron chi connectivity index (χ2n) is 6.75. The summed E-state index contributed by atoms with van der Waals surface area (Å²) in [5.41, 5.74) is 3.34. The van der Waals surface area contributed by atoms with Crippen molar-refractivity contribution >= 4 is 12.0 Å². The van der Waals surface area contributed by atoms with Crippen LogP contribution in [-0.4, -0.2) is 22.2 Å². The Labute approximate surface area is 171 Å². The third-order valence-corrected chi connectivity index (χ3v) is 4.71. The Morgan fingerprint density at radius 2 is 1.93 bits per heavy atom. The zero-order valence-corrected chi connectivity index (χ0v) is 17.0. The minimum atomic E-state index is 0.452. The smallest absolute Gasteiger partial charge is 0.238 e. The van der Waals surface area contributed by atoms with Gasteiger partial charge in [0.05, 0.1) is 29.3 Å². The van der Waals surface area contributed by atoms with Crippen molar-refractivity contribution in [2.75, 3.05) is 0 Å². The zero-order valence-electron chi connectivity index (χ0n) is 17.0. The summed E-state index contributed by atoms with van der Waals surface area (Å²) >= 11 is 0. The standard InChI is InChI=1S/C23H25N5O/c1-4-19(5-2)25-16-26-20-8-11-22(17(3)14-20)29-23-12-13-28(27-23)21-9-6-18(15-24)7-10-21/h6-14,16,19H,4-5H2,1-3H3,(H,25,26). The van der Waals surface area contributed by atoms with Crippen LogP contribution in [0.15, 0.2) is 59.7 Å². The molecular weight excluding hydrogens is 362 g/mol. The third kappa shape index (κ3) is 5.23. The van der Waals surface area contributed by atoms with Crippen molar-refractivity contribution in [3.8, 4) is 23.4 Å². The summed E-state index contributed by atoms with van der Waals surface area (Å²) in [6, 6.07) is 17.4. The fourth-order valence-corrected chi connectivity index (χ4v) is 2.88. The molecule has 0 aliphatic carbocycles. The third-order valence-electron chi connectivity index (χ3n) is 4.71. The number of rotatable bonds is 8. The number of nitrogens with zero attached hydrogens (tertiary/aromatic N) is 4. The lowest BCUT2D eigenvalue weighted by atomic mass is 10.2. The number of aryl methyl sites for hydroxylation is 1. The first-order chi connectivity index (χ1) is 14.1. The van der Waals surface area contributed by atoms with Crippen LogP contribution in [0.1, 0.15) is 37.8 Å². The van der Waals surface area contributed by atoms with Crippen LogP contribution in [0.5, 0.6) is 11.6 Å². The van der Waals surface area contributed by atoms with Gasteiger partial charge in [-0.05, 0) is 67.8 Å². The molecule has 0 aliphatic heterocycles. The molecule has 2 aromatic carbocycles. The number of aromatic nitrogens is 2. The average molecular weight is 387 g/mol. The Bertz CT molecular complexity index is 1010. The van der Waals surface area contributed by atoms with Crippen LogP contribution in [0.25, 0.3) is 5.69 Å². The molecule has 0 aliphatic rings. The summed E-state index contributed by atoms with van der Waals surface area (Å²) in [7, 11) is 0. The first kappa shape index (κ1) is 20.2. The van der Waals surface area contributed by atoms with Gasteiger partial charge in [-0.1, -0.05) is 13.8 Å². The maximum atomic E-state index is 8.90. The van der Waals surface area contributed by atoms with Crippen LogP contribution < -0.4 is 10.1 Å². The maximum absolute atomic E-state index is 8.90. The number of nitriles is 1. The predicted molar refractivity (Wildman–Crippen MR) is 115 cm³/mol. The van der Waals surface area contributed by atoms with Gasteiger partial charge in [0.15, 0.2) is 0 Å². The number of ether oxygens (including phenoxy) is 1. The molecule has 1 heterocycles. The van der Waals surface area contributed by atoms with E-state index in [9.17, 15) is 0 Å². The van der Waals surface area contributed by atoms with E-state index in [4.69, 9.17) is 10.00 Å². The fourth-order valence-electron chi connectivity index (χ4n) is 2.88. The molecule has 148 valence electrons. The number of nitrogens with one attached hydrogen (secondary N) is 1. The van der Waals surface area contributed by atoms with E-state index >= 15 is 0 Å². The molecule has 3 aromatic rings. The van der Waals surface area contributed by atoms with E-state index in [1.54, 1.807) is 23.2 Å². The minimum absolute atomic E-state index is 0.452. The lowest BCUT2D eigenvalue weighted by molar-refractivity contribution is 0.454. The molecule has 29 heavy (non-hydrogen) atoms. The predicted octanol–water partition coefficient (Wildman–Crippen LogP) is 5.28. The number of hydrogen-bond donors (Lipinski definition) is 1. The highest BCUT2D eigenvalue weighted by molar-refractivity contribution is 5.62. The Morgan fingerprint density at radius 3 is 2.59 bits per heavy atom. The molecule has 3 rings (SSSR count). The summed E-state index contributed by atoms with van der Waals surface area (Å²) in [6.45, 7) is 6.31. The molecular formula is C23H25N5O. The van der Waals surface area contributed by atoms with Crippen LogP contribution in [0.4, 0.5) is 5.69 Å². The normalized spacial score (nSPS) is 11.0. The van der Waals surface area contributed by atoms with Crippen molar-refractivity contribution in [1.82, 2.24) is 15.1 Å². The van der Waals surface area contributed by atoms with Gasteiger partial charge in [0.2, 0.25) is 5.88 Å². The molecule has 0 radical (unpaired) electrons. The topological polar surface area (TPSA) is 75.2 Å². The molecule has 0 saturated carbocycles. The van der Waals surface area contributed by atoms with E-state index in [0.717, 1.165) is 35.5 Å². The van der Waals surface area contributed by atoms with Gasteiger partial charge in [-0.15, -0.1) is 5.10 Å². The first-order valence-corrected chi connectivity index (χ1v) is 9.76. The molecule has 1 aromatic heterocycles. The monoisotopic (exact) mass is 387 g/mol. The average Bonchev–Trinajstić information content (AvgIpc) is 3.22. The van der Waals surface area contributed by atoms with E-state index in [0.29, 0.717) is 17.5 Å². The van der Waals surface area contributed by atoms with Crippen molar-refractivity contribution < 1.29 is 4.74 Å². The molecule has 0 fully saturated rings. The van der Waals surface area contributed by atoms with E-state index in [-0.39, 0.29) is 0 Å². The van der Waals surface area contributed by atoms with Crippen molar-refractivity contribution in [2.24, 2.45) is 4.99 Å². The van der Waals surface area contributed by atoms with Crippen molar-refractivity contribution in [1.29, 1.82) is 5.26 Å². The summed E-state index contributed by atoms with van der Waals surface area (Å²) in [5.74, 6) is 1.24. The summed E-state index contributed by atoms with van der Waals surface area (Å²) in [5, 5.41) is 16.7. The van der Waals surface area contributed by atoms with Crippen LogP contribution in [0, 0.1) is 18.3 Å². The first-order valence-electron chi connectivity index (χ1n) is 9.76. The molecule has 0 atom stereocenters. The van der Waals surface area contributed by atoms with Gasteiger partial charge < -0.3 is 10.1 Å². The van der Waals surface area contributed by atoms with Gasteiger partial charge in [0.1, 0.15) is 5.75 Å². The zero-order chi connectivity index (χ0) is 20.6. The molecule has 0 unspecified atom stereocenters. The van der Waals surface area contributed by atoms with Gasteiger partial charge in [-0.2, -0.15) is 5.26 Å². The van der Waals surface area contributed by atoms with E-state index < -0.39 is 0 Å². The molecule has 0 spiro atoms. The van der Waals surface area contributed by atoms with Crippen LogP contribution in [-0.2, 0) is 0 Å². The van der Waals surface area contributed by atoms with Gasteiger partial charge >= 0.3 is 0 Å². The quantitative estimate of drug-likeness (QED) is 0.421.